The molecule has 0 bridgehead atoms. The van der Waals surface area contributed by atoms with E-state index in [2.05, 4.69) is 35.9 Å². The molecule has 176 valence electrons. The highest BCUT2D eigenvalue weighted by atomic mass is 16.6. The molecule has 0 saturated carbocycles. The zero-order valence-corrected chi connectivity index (χ0v) is 19.9. The minimum atomic E-state index is 0.566. The molecule has 0 atom stereocenters. The number of rotatable bonds is 9. The Morgan fingerprint density at radius 2 is 1.82 bits per heavy atom. The Hall–Kier alpha value is -3.45. The second-order valence-electron chi connectivity index (χ2n) is 8.53. The monoisotopic (exact) mass is 457 g/mol. The summed E-state index contributed by atoms with van der Waals surface area (Å²) in [6.45, 7) is 8.90. The number of fused-ring (bicyclic) bond motifs is 2. The molecule has 0 spiro atoms. The van der Waals surface area contributed by atoms with Crippen molar-refractivity contribution in [1.29, 1.82) is 0 Å². The summed E-state index contributed by atoms with van der Waals surface area (Å²) >= 11 is 0. The van der Waals surface area contributed by atoms with Crippen LogP contribution in [0.4, 0.5) is 0 Å². The van der Waals surface area contributed by atoms with E-state index in [0.29, 0.717) is 19.6 Å². The van der Waals surface area contributed by atoms with Crippen LogP contribution < -0.4 is 9.47 Å². The molecule has 1 aliphatic heterocycles. The van der Waals surface area contributed by atoms with Gasteiger partial charge in [0.25, 0.3) is 0 Å². The zero-order chi connectivity index (χ0) is 23.3. The molecule has 0 aliphatic carbocycles. The average molecular weight is 458 g/mol. The lowest BCUT2D eigenvalue weighted by molar-refractivity contribution is 0.171. The zero-order valence-electron chi connectivity index (χ0n) is 19.9. The van der Waals surface area contributed by atoms with Gasteiger partial charge in [-0.3, -0.25) is 4.98 Å². The molecule has 7 heteroatoms. The van der Waals surface area contributed by atoms with E-state index < -0.39 is 0 Å². The van der Waals surface area contributed by atoms with Crippen molar-refractivity contribution >= 4 is 5.65 Å². The normalized spacial score (nSPS) is 13.0. The Kier molecular flexibility index (Phi) is 6.72. The van der Waals surface area contributed by atoms with E-state index in [4.69, 9.17) is 19.6 Å². The first-order chi connectivity index (χ1) is 16.7. The number of hydrogen-bond donors (Lipinski definition) is 0. The molecule has 0 saturated heterocycles. The molecule has 1 aliphatic rings. The van der Waals surface area contributed by atoms with Gasteiger partial charge in [-0.25, -0.2) is 9.50 Å². The van der Waals surface area contributed by atoms with Crippen LogP contribution in [-0.4, -0.2) is 57.3 Å². The highest BCUT2D eigenvalue weighted by molar-refractivity contribution is 5.66. The van der Waals surface area contributed by atoms with Crippen LogP contribution in [0.1, 0.15) is 37.4 Å². The van der Waals surface area contributed by atoms with Gasteiger partial charge in [0.1, 0.15) is 13.2 Å². The van der Waals surface area contributed by atoms with Crippen LogP contribution in [-0.2, 0) is 12.8 Å². The SMILES string of the molecule is CCN(CC)CCCc1ccc(Cc2nc3cccc(-c4ccc5c(c4)OCCO5)n3n2)cn1. The number of ether oxygens (including phenoxy) is 2. The van der Waals surface area contributed by atoms with Crippen molar-refractivity contribution in [1.82, 2.24) is 24.5 Å². The van der Waals surface area contributed by atoms with Crippen LogP contribution in [0, 0.1) is 0 Å². The van der Waals surface area contributed by atoms with Crippen LogP contribution in [0.25, 0.3) is 16.9 Å². The number of hydrogen-bond acceptors (Lipinski definition) is 6. The van der Waals surface area contributed by atoms with Crippen molar-refractivity contribution in [2.24, 2.45) is 0 Å². The molecule has 34 heavy (non-hydrogen) atoms. The molecule has 0 N–H and O–H groups in total. The van der Waals surface area contributed by atoms with Gasteiger partial charge in [-0.05, 0) is 74.4 Å². The summed E-state index contributed by atoms with van der Waals surface area (Å²) in [6, 6.07) is 16.3. The Labute approximate surface area is 200 Å². The molecule has 4 heterocycles. The van der Waals surface area contributed by atoms with E-state index in [1.165, 1.54) is 0 Å². The topological polar surface area (TPSA) is 64.8 Å². The largest absolute Gasteiger partial charge is 0.486 e. The van der Waals surface area contributed by atoms with Crippen molar-refractivity contribution in [2.45, 2.75) is 33.1 Å². The lowest BCUT2D eigenvalue weighted by Gasteiger charge is -2.19. The number of pyridine rings is 2. The number of aromatic nitrogens is 4. The van der Waals surface area contributed by atoms with Gasteiger partial charge < -0.3 is 14.4 Å². The van der Waals surface area contributed by atoms with Gasteiger partial charge in [0.05, 0.1) is 5.69 Å². The Morgan fingerprint density at radius 1 is 0.971 bits per heavy atom. The molecule has 0 amide bonds. The quantitative estimate of drug-likeness (QED) is 0.371. The molecule has 7 nitrogen and oxygen atoms in total. The van der Waals surface area contributed by atoms with Crippen molar-refractivity contribution in [3.8, 4) is 22.8 Å². The minimum absolute atomic E-state index is 0.566. The van der Waals surface area contributed by atoms with Crippen molar-refractivity contribution in [3.63, 3.8) is 0 Å². The molecule has 0 radical (unpaired) electrons. The first kappa shape index (κ1) is 22.3. The predicted octanol–water partition coefficient (Wildman–Crippen LogP) is 4.43. The van der Waals surface area contributed by atoms with Gasteiger partial charge in [0.15, 0.2) is 23.0 Å². The first-order valence-electron chi connectivity index (χ1n) is 12.1. The van der Waals surface area contributed by atoms with Gasteiger partial charge in [0, 0.05) is 23.9 Å². The molecule has 0 unspecified atom stereocenters. The number of nitrogens with zero attached hydrogens (tertiary/aromatic N) is 5. The molecule has 5 rings (SSSR count). The maximum absolute atomic E-state index is 5.76. The van der Waals surface area contributed by atoms with Gasteiger partial charge in [-0.15, -0.1) is 0 Å². The van der Waals surface area contributed by atoms with Crippen molar-refractivity contribution in [2.75, 3.05) is 32.8 Å². The van der Waals surface area contributed by atoms with E-state index in [9.17, 15) is 0 Å². The predicted molar refractivity (Wildman–Crippen MR) is 133 cm³/mol. The molecule has 4 aromatic rings. The lowest BCUT2D eigenvalue weighted by atomic mass is 10.1. The third kappa shape index (κ3) is 4.89. The summed E-state index contributed by atoms with van der Waals surface area (Å²) < 4.78 is 13.3. The Balaban J connectivity index is 1.30. The first-order valence-corrected chi connectivity index (χ1v) is 12.1. The van der Waals surface area contributed by atoms with E-state index in [1.54, 1.807) is 0 Å². The highest BCUT2D eigenvalue weighted by Gasteiger charge is 2.15. The number of aryl methyl sites for hydroxylation is 1. The Bertz CT molecular complexity index is 1250. The highest BCUT2D eigenvalue weighted by Crippen LogP contribution is 2.34. The number of benzene rings is 1. The van der Waals surface area contributed by atoms with Crippen LogP contribution in [0.5, 0.6) is 11.5 Å². The summed E-state index contributed by atoms with van der Waals surface area (Å²) in [5, 5.41) is 4.81. The van der Waals surface area contributed by atoms with Crippen LogP contribution >= 0.6 is 0 Å². The fourth-order valence-electron chi connectivity index (χ4n) is 4.36. The summed E-state index contributed by atoms with van der Waals surface area (Å²) in [5.41, 5.74) is 5.06. The molecule has 3 aromatic heterocycles. The molecular weight excluding hydrogens is 426 g/mol. The average Bonchev–Trinajstić information content (AvgIpc) is 3.30. The van der Waals surface area contributed by atoms with Gasteiger partial charge in [0.2, 0.25) is 0 Å². The molecular formula is C27H31N5O2. The smallest absolute Gasteiger partial charge is 0.162 e. The van der Waals surface area contributed by atoms with Gasteiger partial charge in [-0.1, -0.05) is 26.0 Å². The lowest BCUT2D eigenvalue weighted by Crippen LogP contribution is -2.24. The maximum atomic E-state index is 5.76. The second kappa shape index (κ2) is 10.2. The van der Waals surface area contributed by atoms with Crippen LogP contribution in [0.15, 0.2) is 54.7 Å². The maximum Gasteiger partial charge on any atom is 0.162 e. The van der Waals surface area contributed by atoms with Crippen molar-refractivity contribution in [3.05, 3.63) is 71.8 Å². The van der Waals surface area contributed by atoms with Crippen LogP contribution in [0.3, 0.4) is 0 Å². The summed E-state index contributed by atoms with van der Waals surface area (Å²) in [7, 11) is 0. The van der Waals surface area contributed by atoms with Crippen LogP contribution in [0.2, 0.25) is 0 Å². The van der Waals surface area contributed by atoms with Gasteiger partial charge >= 0.3 is 0 Å². The van der Waals surface area contributed by atoms with Gasteiger partial charge in [-0.2, -0.15) is 5.10 Å². The third-order valence-electron chi connectivity index (χ3n) is 6.29. The fraction of sp³-hybridized carbons (Fsp3) is 0.370. The summed E-state index contributed by atoms with van der Waals surface area (Å²) in [5.74, 6) is 2.33. The molecule has 1 aromatic carbocycles. The summed E-state index contributed by atoms with van der Waals surface area (Å²) in [6.07, 6.45) is 4.74. The van der Waals surface area contributed by atoms with E-state index in [0.717, 1.165) is 78.0 Å². The van der Waals surface area contributed by atoms with Crippen molar-refractivity contribution < 1.29 is 9.47 Å². The second-order valence-corrected chi connectivity index (χ2v) is 8.53. The van der Waals surface area contributed by atoms with E-state index in [-0.39, 0.29) is 0 Å². The third-order valence-corrected chi connectivity index (χ3v) is 6.29. The van der Waals surface area contributed by atoms with E-state index in [1.807, 2.05) is 47.1 Å². The Morgan fingerprint density at radius 3 is 2.62 bits per heavy atom. The fourth-order valence-corrected chi connectivity index (χ4v) is 4.36. The summed E-state index contributed by atoms with van der Waals surface area (Å²) in [4.78, 5) is 11.9. The molecule has 0 fully saturated rings. The van der Waals surface area contributed by atoms with E-state index >= 15 is 0 Å². The standard InChI is InChI=1S/C27H31N5O2/c1-3-31(4-2)14-6-7-22-12-10-20(19-28-22)17-26-29-27-9-5-8-23(32(27)30-26)21-11-13-24-25(18-21)34-16-15-33-24/h5,8-13,18-19H,3-4,6-7,14-17H2,1-2H3. The minimum Gasteiger partial charge on any atom is -0.486 e.